The maximum absolute atomic E-state index is 13.5. The monoisotopic (exact) mass is 289 g/mol. The van der Waals surface area contributed by atoms with Crippen molar-refractivity contribution in [2.45, 2.75) is 18.9 Å². The van der Waals surface area contributed by atoms with Gasteiger partial charge in [-0.25, -0.2) is 4.39 Å². The second-order valence-electron chi connectivity index (χ2n) is 3.68. The van der Waals surface area contributed by atoms with Crippen LogP contribution in [0, 0.1) is 5.82 Å². The molecule has 0 aliphatic carbocycles. The van der Waals surface area contributed by atoms with Gasteiger partial charge in [0, 0.05) is 16.3 Å². The van der Waals surface area contributed by atoms with Gasteiger partial charge in [-0.2, -0.15) is 11.8 Å². The Hall–Kier alpha value is -0.220. The molecule has 0 aromatic heterocycles. The molecule has 1 aromatic carbocycles. The molecule has 15 heavy (non-hydrogen) atoms. The van der Waals surface area contributed by atoms with E-state index < -0.39 is 0 Å². The largest absolute Gasteiger partial charge is 0.379 e. The quantitative estimate of drug-likeness (QED) is 0.886. The molecule has 1 saturated heterocycles. The zero-order chi connectivity index (χ0) is 10.7. The van der Waals surface area contributed by atoms with Gasteiger partial charge in [-0.15, -0.1) is 0 Å². The first-order valence-electron chi connectivity index (χ1n) is 5.05. The summed E-state index contributed by atoms with van der Waals surface area (Å²) in [5.74, 6) is 2.14. The number of hydrogen-bond donors (Lipinski definition) is 1. The lowest BCUT2D eigenvalue weighted by molar-refractivity contribution is 0.619. The summed E-state index contributed by atoms with van der Waals surface area (Å²) in [6.07, 6.45) is 2.36. The topological polar surface area (TPSA) is 12.0 Å². The summed E-state index contributed by atoms with van der Waals surface area (Å²) in [6.45, 7) is 0. The molecule has 0 bridgehead atoms. The lowest BCUT2D eigenvalue weighted by Crippen LogP contribution is -2.26. The fourth-order valence-electron chi connectivity index (χ4n) is 1.68. The van der Waals surface area contributed by atoms with Crippen LogP contribution in [-0.2, 0) is 0 Å². The highest BCUT2D eigenvalue weighted by Crippen LogP contribution is 2.24. The van der Waals surface area contributed by atoms with Gasteiger partial charge in [0.05, 0.1) is 5.69 Å². The molecule has 1 aromatic rings. The molecular weight excluding hydrogens is 277 g/mol. The van der Waals surface area contributed by atoms with Crippen LogP contribution >= 0.6 is 27.7 Å². The Morgan fingerprint density at radius 3 is 3.00 bits per heavy atom. The van der Waals surface area contributed by atoms with Gasteiger partial charge in [0.1, 0.15) is 5.82 Å². The molecule has 1 atom stereocenters. The highest BCUT2D eigenvalue weighted by atomic mass is 79.9. The molecule has 0 saturated carbocycles. The SMILES string of the molecule is Fc1cc(Br)ccc1NC1CCCSC1. The number of nitrogens with one attached hydrogen (secondary N) is 1. The summed E-state index contributed by atoms with van der Waals surface area (Å²) in [5.41, 5.74) is 0.616. The number of hydrogen-bond acceptors (Lipinski definition) is 2. The minimum atomic E-state index is -0.181. The van der Waals surface area contributed by atoms with E-state index in [4.69, 9.17) is 0 Å². The summed E-state index contributed by atoms with van der Waals surface area (Å²) in [6, 6.07) is 5.57. The Morgan fingerprint density at radius 2 is 2.33 bits per heavy atom. The summed E-state index contributed by atoms with van der Waals surface area (Å²) >= 11 is 5.19. The third-order valence-electron chi connectivity index (χ3n) is 2.45. The average molecular weight is 290 g/mol. The number of rotatable bonds is 2. The third-order valence-corrected chi connectivity index (χ3v) is 4.16. The maximum Gasteiger partial charge on any atom is 0.147 e. The van der Waals surface area contributed by atoms with Crippen LogP contribution in [0.1, 0.15) is 12.8 Å². The standard InChI is InChI=1S/C11H13BrFNS/c12-8-3-4-11(10(13)6-8)14-9-2-1-5-15-7-9/h3-4,6,9,14H,1-2,5,7H2. The van der Waals surface area contributed by atoms with E-state index in [2.05, 4.69) is 21.2 Å². The molecule has 0 amide bonds. The first kappa shape index (κ1) is 11.3. The first-order chi connectivity index (χ1) is 7.25. The van der Waals surface area contributed by atoms with Crippen LogP contribution in [0.25, 0.3) is 0 Å². The van der Waals surface area contributed by atoms with E-state index in [1.807, 2.05) is 17.8 Å². The van der Waals surface area contributed by atoms with Crippen LogP contribution < -0.4 is 5.32 Å². The summed E-state index contributed by atoms with van der Waals surface area (Å²) in [4.78, 5) is 0. The smallest absolute Gasteiger partial charge is 0.147 e. The summed E-state index contributed by atoms with van der Waals surface area (Å²) < 4.78 is 14.3. The Labute approximate surface area is 102 Å². The summed E-state index contributed by atoms with van der Waals surface area (Å²) in [7, 11) is 0. The van der Waals surface area contributed by atoms with Crippen molar-refractivity contribution in [3.8, 4) is 0 Å². The second-order valence-corrected chi connectivity index (χ2v) is 5.75. The minimum absolute atomic E-state index is 0.181. The summed E-state index contributed by atoms with van der Waals surface area (Å²) in [5, 5.41) is 3.26. The van der Waals surface area contributed by atoms with E-state index in [-0.39, 0.29) is 5.82 Å². The van der Waals surface area contributed by atoms with Crippen molar-refractivity contribution in [2.24, 2.45) is 0 Å². The zero-order valence-electron chi connectivity index (χ0n) is 8.30. The van der Waals surface area contributed by atoms with Gasteiger partial charge >= 0.3 is 0 Å². The van der Waals surface area contributed by atoms with Crippen molar-refractivity contribution in [1.29, 1.82) is 0 Å². The molecule has 2 rings (SSSR count). The van der Waals surface area contributed by atoms with Crippen molar-refractivity contribution < 1.29 is 4.39 Å². The number of benzene rings is 1. The van der Waals surface area contributed by atoms with Gasteiger partial charge < -0.3 is 5.32 Å². The molecular formula is C11H13BrFNS. The van der Waals surface area contributed by atoms with Gasteiger partial charge in [-0.3, -0.25) is 0 Å². The molecule has 1 nitrogen and oxygen atoms in total. The number of thioether (sulfide) groups is 1. The lowest BCUT2D eigenvalue weighted by atomic mass is 10.1. The van der Waals surface area contributed by atoms with E-state index in [0.717, 1.165) is 16.6 Å². The first-order valence-corrected chi connectivity index (χ1v) is 7.00. The number of halogens is 2. The molecule has 1 aliphatic rings. The van der Waals surface area contributed by atoms with E-state index in [9.17, 15) is 4.39 Å². The Kier molecular flexibility index (Phi) is 3.92. The fraction of sp³-hybridized carbons (Fsp3) is 0.455. The number of anilines is 1. The molecule has 1 heterocycles. The molecule has 1 fully saturated rings. The van der Waals surface area contributed by atoms with E-state index in [1.54, 1.807) is 6.07 Å². The Bertz CT molecular complexity index is 339. The van der Waals surface area contributed by atoms with Crippen molar-refractivity contribution in [3.63, 3.8) is 0 Å². The van der Waals surface area contributed by atoms with Gasteiger partial charge in [0.2, 0.25) is 0 Å². The molecule has 1 aliphatic heterocycles. The highest BCUT2D eigenvalue weighted by Gasteiger charge is 2.14. The zero-order valence-corrected chi connectivity index (χ0v) is 10.7. The van der Waals surface area contributed by atoms with Crippen LogP contribution in [0.4, 0.5) is 10.1 Å². The molecule has 0 spiro atoms. The minimum Gasteiger partial charge on any atom is -0.379 e. The average Bonchev–Trinajstić information content (AvgIpc) is 2.24. The Morgan fingerprint density at radius 1 is 1.47 bits per heavy atom. The van der Waals surface area contributed by atoms with Crippen molar-refractivity contribution >= 4 is 33.4 Å². The maximum atomic E-state index is 13.5. The molecule has 1 N–H and O–H groups in total. The van der Waals surface area contributed by atoms with Gasteiger partial charge in [0.15, 0.2) is 0 Å². The predicted molar refractivity (Wildman–Crippen MR) is 68.1 cm³/mol. The van der Waals surface area contributed by atoms with Gasteiger partial charge in [-0.1, -0.05) is 15.9 Å². The lowest BCUT2D eigenvalue weighted by Gasteiger charge is -2.23. The van der Waals surface area contributed by atoms with E-state index >= 15 is 0 Å². The van der Waals surface area contributed by atoms with Crippen molar-refractivity contribution in [3.05, 3.63) is 28.5 Å². The Balaban J connectivity index is 2.03. The molecule has 1 unspecified atom stereocenters. The van der Waals surface area contributed by atoms with Crippen LogP contribution in [0.3, 0.4) is 0 Å². The highest BCUT2D eigenvalue weighted by molar-refractivity contribution is 9.10. The normalized spacial score (nSPS) is 21.3. The van der Waals surface area contributed by atoms with Crippen LogP contribution in [0.2, 0.25) is 0 Å². The molecule has 0 radical (unpaired) electrons. The molecule has 82 valence electrons. The molecule has 4 heteroatoms. The van der Waals surface area contributed by atoms with E-state index in [1.165, 1.54) is 18.2 Å². The van der Waals surface area contributed by atoms with Gasteiger partial charge in [-0.05, 0) is 36.8 Å². The van der Waals surface area contributed by atoms with Crippen molar-refractivity contribution in [2.75, 3.05) is 16.8 Å². The third kappa shape index (κ3) is 3.11. The van der Waals surface area contributed by atoms with Crippen LogP contribution in [0.5, 0.6) is 0 Å². The van der Waals surface area contributed by atoms with Crippen molar-refractivity contribution in [1.82, 2.24) is 0 Å². The van der Waals surface area contributed by atoms with Gasteiger partial charge in [0.25, 0.3) is 0 Å². The van der Waals surface area contributed by atoms with E-state index in [0.29, 0.717) is 11.7 Å². The predicted octanol–water partition coefficient (Wildman–Crippen LogP) is 3.90. The van der Waals surface area contributed by atoms with Crippen LogP contribution in [0.15, 0.2) is 22.7 Å². The fourth-order valence-corrected chi connectivity index (χ4v) is 3.09. The van der Waals surface area contributed by atoms with Crippen LogP contribution in [-0.4, -0.2) is 17.5 Å². The second kappa shape index (κ2) is 5.21.